The molecule has 3 heteroatoms. The lowest BCUT2D eigenvalue weighted by molar-refractivity contribution is 0.162. The van der Waals surface area contributed by atoms with Crippen LogP contribution in [0, 0.1) is 6.92 Å². The Morgan fingerprint density at radius 1 is 1.31 bits per heavy atom. The summed E-state index contributed by atoms with van der Waals surface area (Å²) in [6, 6.07) is 0. The van der Waals surface area contributed by atoms with Crippen LogP contribution in [0.4, 0.5) is 0 Å². The molecule has 1 aromatic rings. The molecule has 0 amide bonds. The summed E-state index contributed by atoms with van der Waals surface area (Å²) in [6.45, 7) is 6.26. The lowest BCUT2D eigenvalue weighted by Crippen LogP contribution is -2.11. The van der Waals surface area contributed by atoms with Crippen molar-refractivity contribution >= 4 is 0 Å². The van der Waals surface area contributed by atoms with Gasteiger partial charge >= 0.3 is 0 Å². The van der Waals surface area contributed by atoms with Crippen molar-refractivity contribution in [2.24, 2.45) is 0 Å². The van der Waals surface area contributed by atoms with E-state index in [1.54, 1.807) is 0 Å². The van der Waals surface area contributed by atoms with Gasteiger partial charge in [-0.05, 0) is 26.2 Å². The van der Waals surface area contributed by atoms with Crippen molar-refractivity contribution in [1.29, 1.82) is 0 Å². The van der Waals surface area contributed by atoms with Crippen LogP contribution in [0.3, 0.4) is 0 Å². The van der Waals surface area contributed by atoms with E-state index in [0.29, 0.717) is 6.42 Å². The Hall–Kier alpha value is -0.830. The van der Waals surface area contributed by atoms with E-state index in [9.17, 15) is 5.11 Å². The van der Waals surface area contributed by atoms with Gasteiger partial charge in [-0.15, -0.1) is 0 Å². The highest BCUT2D eigenvalue weighted by Crippen LogP contribution is 2.13. The zero-order valence-corrected chi connectivity index (χ0v) is 10.7. The van der Waals surface area contributed by atoms with Crippen molar-refractivity contribution in [3.8, 4) is 0 Å². The maximum atomic E-state index is 9.81. The number of rotatable bonds is 7. The molecule has 1 unspecified atom stereocenters. The summed E-state index contributed by atoms with van der Waals surface area (Å²) in [5, 5.41) is 9.81. The van der Waals surface area contributed by atoms with Gasteiger partial charge in [0, 0.05) is 12.1 Å². The first-order chi connectivity index (χ1) is 7.67. The van der Waals surface area contributed by atoms with Crippen LogP contribution in [0.15, 0.2) is 0 Å². The Morgan fingerprint density at radius 3 is 2.69 bits per heavy atom. The number of nitrogens with zero attached hydrogens (tertiary/aromatic N) is 1. The maximum absolute atomic E-state index is 9.81. The Morgan fingerprint density at radius 2 is 2.06 bits per heavy atom. The van der Waals surface area contributed by atoms with Crippen LogP contribution >= 0.6 is 0 Å². The van der Waals surface area contributed by atoms with Gasteiger partial charge in [-0.2, -0.15) is 0 Å². The summed E-state index contributed by atoms with van der Waals surface area (Å²) in [6.07, 6.45) is 5.75. The Balaban J connectivity index is 2.62. The minimum absolute atomic E-state index is 0.243. The molecule has 0 aromatic carbocycles. The van der Waals surface area contributed by atoms with Crippen LogP contribution in [-0.2, 0) is 12.8 Å². The van der Waals surface area contributed by atoms with Gasteiger partial charge in [0.25, 0.3) is 0 Å². The molecule has 1 aromatic heterocycles. The van der Waals surface area contributed by atoms with Gasteiger partial charge in [-0.3, -0.25) is 0 Å². The quantitative estimate of drug-likeness (QED) is 0.748. The van der Waals surface area contributed by atoms with Crippen molar-refractivity contribution in [2.45, 2.75) is 65.4 Å². The molecule has 1 rings (SSSR count). The maximum Gasteiger partial charge on any atom is 0.103 e. The van der Waals surface area contributed by atoms with Crippen molar-refractivity contribution in [3.05, 3.63) is 17.2 Å². The van der Waals surface area contributed by atoms with Gasteiger partial charge in [0.15, 0.2) is 0 Å². The fourth-order valence-electron chi connectivity index (χ4n) is 1.98. The van der Waals surface area contributed by atoms with Crippen LogP contribution in [0.1, 0.15) is 56.7 Å². The molecule has 0 aliphatic carbocycles. The molecular weight excluding hydrogens is 200 g/mol. The third-order valence-electron chi connectivity index (χ3n) is 2.81. The number of hydrogen-bond acceptors (Lipinski definition) is 2. The molecule has 16 heavy (non-hydrogen) atoms. The van der Waals surface area contributed by atoms with E-state index in [0.717, 1.165) is 30.8 Å². The fraction of sp³-hybridized carbons (Fsp3) is 0.769. The van der Waals surface area contributed by atoms with Crippen LogP contribution in [-0.4, -0.2) is 21.2 Å². The molecule has 0 radical (unpaired) electrons. The molecule has 0 aliphatic rings. The summed E-state index contributed by atoms with van der Waals surface area (Å²) in [5.74, 6) is 0.963. The first kappa shape index (κ1) is 13.2. The van der Waals surface area contributed by atoms with E-state index < -0.39 is 0 Å². The van der Waals surface area contributed by atoms with Gasteiger partial charge in [-0.25, -0.2) is 4.98 Å². The van der Waals surface area contributed by atoms with Crippen molar-refractivity contribution in [3.63, 3.8) is 0 Å². The number of nitrogens with one attached hydrogen (secondary N) is 1. The molecular formula is C13H24N2O. The highest BCUT2D eigenvalue weighted by molar-refractivity contribution is 5.15. The minimum atomic E-state index is -0.243. The minimum Gasteiger partial charge on any atom is -0.393 e. The zero-order chi connectivity index (χ0) is 12.0. The van der Waals surface area contributed by atoms with Gasteiger partial charge in [-0.1, -0.05) is 26.7 Å². The van der Waals surface area contributed by atoms with Crippen molar-refractivity contribution < 1.29 is 5.11 Å². The predicted molar refractivity (Wildman–Crippen MR) is 66.6 cm³/mol. The van der Waals surface area contributed by atoms with Gasteiger partial charge < -0.3 is 10.1 Å². The van der Waals surface area contributed by atoms with E-state index >= 15 is 0 Å². The number of aryl methyl sites for hydroxylation is 2. The molecule has 0 bridgehead atoms. The summed E-state index contributed by atoms with van der Waals surface area (Å²) in [7, 11) is 0. The molecule has 1 heterocycles. The summed E-state index contributed by atoms with van der Waals surface area (Å²) in [4.78, 5) is 7.77. The SMILES string of the molecule is CCCCc1[nH]c(C)nc1CC(O)CCC. The second-order valence-corrected chi connectivity index (χ2v) is 4.50. The first-order valence-corrected chi connectivity index (χ1v) is 6.39. The summed E-state index contributed by atoms with van der Waals surface area (Å²) >= 11 is 0. The van der Waals surface area contributed by atoms with E-state index in [1.165, 1.54) is 18.5 Å². The number of unbranched alkanes of at least 4 members (excludes halogenated alkanes) is 1. The van der Waals surface area contributed by atoms with Gasteiger partial charge in [0.05, 0.1) is 11.8 Å². The molecule has 92 valence electrons. The van der Waals surface area contributed by atoms with Crippen LogP contribution in [0.25, 0.3) is 0 Å². The van der Waals surface area contributed by atoms with Crippen molar-refractivity contribution in [2.75, 3.05) is 0 Å². The predicted octanol–water partition coefficient (Wildman–Crippen LogP) is 2.76. The monoisotopic (exact) mass is 224 g/mol. The second kappa shape index (κ2) is 6.69. The lowest BCUT2D eigenvalue weighted by Gasteiger charge is -2.08. The number of hydrogen-bond donors (Lipinski definition) is 2. The van der Waals surface area contributed by atoms with E-state index in [-0.39, 0.29) is 6.10 Å². The molecule has 0 aliphatic heterocycles. The Bertz CT molecular complexity index is 307. The number of H-pyrrole nitrogens is 1. The van der Waals surface area contributed by atoms with E-state index in [2.05, 4.69) is 23.8 Å². The smallest absolute Gasteiger partial charge is 0.103 e. The second-order valence-electron chi connectivity index (χ2n) is 4.50. The standard InChI is InChI=1S/C13H24N2O/c1-4-6-8-12-13(15-10(3)14-12)9-11(16)7-5-2/h11,16H,4-9H2,1-3H3,(H,14,15). The Labute approximate surface area is 98.3 Å². The van der Waals surface area contributed by atoms with Crippen molar-refractivity contribution in [1.82, 2.24) is 9.97 Å². The molecule has 0 saturated carbocycles. The molecule has 0 spiro atoms. The van der Waals surface area contributed by atoms with E-state index in [4.69, 9.17) is 0 Å². The number of aliphatic hydroxyl groups excluding tert-OH is 1. The van der Waals surface area contributed by atoms with Crippen LogP contribution in [0.2, 0.25) is 0 Å². The van der Waals surface area contributed by atoms with Crippen LogP contribution < -0.4 is 0 Å². The fourth-order valence-corrected chi connectivity index (χ4v) is 1.98. The average molecular weight is 224 g/mol. The molecule has 0 fully saturated rings. The highest BCUT2D eigenvalue weighted by atomic mass is 16.3. The third-order valence-corrected chi connectivity index (χ3v) is 2.81. The molecule has 1 atom stereocenters. The number of imidazole rings is 1. The molecule has 3 nitrogen and oxygen atoms in total. The highest BCUT2D eigenvalue weighted by Gasteiger charge is 2.12. The molecule has 0 saturated heterocycles. The first-order valence-electron chi connectivity index (χ1n) is 6.39. The molecule has 2 N–H and O–H groups in total. The normalized spacial score (nSPS) is 13.0. The van der Waals surface area contributed by atoms with Crippen LogP contribution in [0.5, 0.6) is 0 Å². The summed E-state index contributed by atoms with van der Waals surface area (Å²) < 4.78 is 0. The Kier molecular flexibility index (Phi) is 5.53. The zero-order valence-electron chi connectivity index (χ0n) is 10.7. The van der Waals surface area contributed by atoms with E-state index in [1.807, 2.05) is 6.92 Å². The van der Waals surface area contributed by atoms with Gasteiger partial charge in [0.1, 0.15) is 5.82 Å². The number of aromatic nitrogens is 2. The summed E-state index contributed by atoms with van der Waals surface area (Å²) in [5.41, 5.74) is 2.28. The lowest BCUT2D eigenvalue weighted by atomic mass is 10.1. The number of aliphatic hydroxyl groups is 1. The number of aromatic amines is 1. The topological polar surface area (TPSA) is 48.9 Å². The third kappa shape index (κ3) is 3.97. The average Bonchev–Trinajstić information content (AvgIpc) is 2.56. The largest absolute Gasteiger partial charge is 0.393 e. The van der Waals surface area contributed by atoms with Gasteiger partial charge in [0.2, 0.25) is 0 Å².